The number of nitrogens with one attached hydrogen (secondary N) is 1. The molecule has 0 fully saturated rings. The third-order valence-corrected chi connectivity index (χ3v) is 4.60. The van der Waals surface area contributed by atoms with E-state index in [0.717, 1.165) is 6.07 Å². The van der Waals surface area contributed by atoms with Crippen molar-refractivity contribution >= 4 is 17.2 Å². The van der Waals surface area contributed by atoms with Crippen LogP contribution in [-0.2, 0) is 13.2 Å². The number of halogens is 3. The molecule has 8 nitrogen and oxygen atoms in total. The second-order valence-corrected chi connectivity index (χ2v) is 6.81. The van der Waals surface area contributed by atoms with Crippen molar-refractivity contribution in [1.82, 2.24) is 24.4 Å². The number of carbonyl (C=O) groups is 1. The first-order valence-electron chi connectivity index (χ1n) is 9.10. The molecule has 0 aliphatic heterocycles. The highest BCUT2D eigenvalue weighted by Crippen LogP contribution is 2.32. The zero-order chi connectivity index (χ0) is 22.3. The van der Waals surface area contributed by atoms with E-state index in [1.54, 1.807) is 44.4 Å². The first kappa shape index (κ1) is 20.4. The monoisotopic (exact) mass is 430 g/mol. The summed E-state index contributed by atoms with van der Waals surface area (Å²) in [6, 6.07) is 8.57. The molecule has 160 valence electrons. The zero-order valence-electron chi connectivity index (χ0n) is 16.7. The lowest BCUT2D eigenvalue weighted by Gasteiger charge is -2.11. The van der Waals surface area contributed by atoms with Gasteiger partial charge in [-0.2, -0.15) is 23.4 Å². The number of ether oxygens (including phenoxy) is 1. The van der Waals surface area contributed by atoms with Crippen LogP contribution in [0.1, 0.15) is 21.9 Å². The van der Waals surface area contributed by atoms with Crippen molar-refractivity contribution in [2.75, 3.05) is 12.4 Å². The summed E-state index contributed by atoms with van der Waals surface area (Å²) in [5.74, 6) is -0.101. The number of benzene rings is 1. The van der Waals surface area contributed by atoms with E-state index >= 15 is 0 Å². The number of methoxy groups -OCH3 is 1. The molecule has 0 saturated heterocycles. The number of alkyl halides is 3. The lowest BCUT2D eigenvalue weighted by Crippen LogP contribution is -2.16. The molecule has 1 N–H and O–H groups in total. The van der Waals surface area contributed by atoms with Gasteiger partial charge < -0.3 is 10.1 Å². The molecule has 0 spiro atoms. The molecular weight excluding hydrogens is 413 g/mol. The van der Waals surface area contributed by atoms with Crippen molar-refractivity contribution in [3.05, 3.63) is 59.7 Å². The van der Waals surface area contributed by atoms with E-state index in [1.165, 1.54) is 17.9 Å². The lowest BCUT2D eigenvalue weighted by atomic mass is 10.1. The number of rotatable bonds is 4. The topological polar surface area (TPSA) is 86.3 Å². The number of aryl methyl sites for hydroxylation is 2. The number of hydrogen-bond donors (Lipinski definition) is 1. The molecular formula is C20H17F3N6O2. The number of hydrogen-bond acceptors (Lipinski definition) is 5. The first-order chi connectivity index (χ1) is 14.7. The van der Waals surface area contributed by atoms with Gasteiger partial charge in [-0.15, -0.1) is 0 Å². The molecule has 1 aromatic carbocycles. The molecule has 0 saturated carbocycles. The fourth-order valence-electron chi connectivity index (χ4n) is 3.11. The molecule has 11 heteroatoms. The van der Waals surface area contributed by atoms with Crippen LogP contribution in [0.4, 0.5) is 18.9 Å². The predicted molar refractivity (Wildman–Crippen MR) is 106 cm³/mol. The molecule has 3 heterocycles. The molecule has 3 aromatic heterocycles. The number of carbonyl (C=O) groups excluding carboxylic acids is 1. The largest absolute Gasteiger partial charge is 0.497 e. The van der Waals surface area contributed by atoms with E-state index < -0.39 is 17.8 Å². The normalized spacial score (nSPS) is 11.7. The van der Waals surface area contributed by atoms with Gasteiger partial charge in [0.05, 0.1) is 24.2 Å². The fourth-order valence-corrected chi connectivity index (χ4v) is 3.11. The summed E-state index contributed by atoms with van der Waals surface area (Å²) in [6.45, 7) is 1.70. The Bertz CT molecular complexity index is 1270. The fraction of sp³-hybridized carbons (Fsp3) is 0.200. The average molecular weight is 430 g/mol. The van der Waals surface area contributed by atoms with Crippen LogP contribution >= 0.6 is 0 Å². The smallest absolute Gasteiger partial charge is 0.433 e. The Morgan fingerprint density at radius 1 is 1.13 bits per heavy atom. The van der Waals surface area contributed by atoms with E-state index in [2.05, 4.69) is 20.5 Å². The lowest BCUT2D eigenvalue weighted by molar-refractivity contribution is -0.142. The van der Waals surface area contributed by atoms with Gasteiger partial charge in [0, 0.05) is 24.9 Å². The highest BCUT2D eigenvalue weighted by atomic mass is 19.4. The first-order valence-corrected chi connectivity index (χ1v) is 9.10. The van der Waals surface area contributed by atoms with Crippen molar-refractivity contribution in [3.63, 3.8) is 0 Å². The summed E-state index contributed by atoms with van der Waals surface area (Å²) in [6.07, 6.45) is -3.12. The van der Waals surface area contributed by atoms with Crippen molar-refractivity contribution in [2.24, 2.45) is 7.05 Å². The molecule has 0 bridgehead atoms. The number of anilines is 1. The Balaban J connectivity index is 1.78. The van der Waals surface area contributed by atoms with Gasteiger partial charge >= 0.3 is 6.18 Å². The molecule has 1 amide bonds. The van der Waals surface area contributed by atoms with E-state index in [4.69, 9.17) is 4.74 Å². The molecule has 0 unspecified atom stereocenters. The van der Waals surface area contributed by atoms with Crippen molar-refractivity contribution in [3.8, 4) is 17.0 Å². The van der Waals surface area contributed by atoms with Crippen LogP contribution in [0, 0.1) is 6.92 Å². The highest BCUT2D eigenvalue weighted by Gasteiger charge is 2.35. The Morgan fingerprint density at radius 3 is 2.42 bits per heavy atom. The third kappa shape index (κ3) is 3.93. The zero-order valence-corrected chi connectivity index (χ0v) is 16.7. The molecule has 0 aliphatic carbocycles. The Labute approximate surface area is 174 Å². The van der Waals surface area contributed by atoms with Gasteiger partial charge in [0.15, 0.2) is 17.0 Å². The standard InChI is InChI=1S/C20H17F3N6O2/c1-11-16(10-28(2)26-11)25-19(30)15-9-18-24-14(12-4-6-13(31-3)7-5-12)8-17(20(21,22)23)29(18)27-15/h4-10H,1-3H3,(H,25,30). The minimum atomic E-state index is -4.71. The number of fused-ring (bicyclic) bond motifs is 1. The second-order valence-electron chi connectivity index (χ2n) is 6.81. The van der Waals surface area contributed by atoms with Crippen LogP contribution in [0.2, 0.25) is 0 Å². The number of nitrogens with zero attached hydrogens (tertiary/aromatic N) is 5. The quantitative estimate of drug-likeness (QED) is 0.533. The number of amides is 1. The van der Waals surface area contributed by atoms with Gasteiger partial charge in [0.1, 0.15) is 5.75 Å². The second kappa shape index (κ2) is 7.42. The van der Waals surface area contributed by atoms with E-state index in [9.17, 15) is 18.0 Å². The average Bonchev–Trinajstić information content (AvgIpc) is 3.29. The van der Waals surface area contributed by atoms with Gasteiger partial charge in [-0.1, -0.05) is 0 Å². The Hall–Kier alpha value is -3.89. The van der Waals surface area contributed by atoms with Crippen LogP contribution in [0.25, 0.3) is 16.9 Å². The van der Waals surface area contributed by atoms with Gasteiger partial charge in [0.2, 0.25) is 0 Å². The minimum Gasteiger partial charge on any atom is -0.497 e. The molecule has 4 rings (SSSR count). The van der Waals surface area contributed by atoms with Crippen LogP contribution in [0.3, 0.4) is 0 Å². The maximum atomic E-state index is 13.7. The summed E-state index contributed by atoms with van der Waals surface area (Å²) in [4.78, 5) is 16.9. The van der Waals surface area contributed by atoms with Crippen molar-refractivity contribution in [2.45, 2.75) is 13.1 Å². The molecule has 0 radical (unpaired) electrons. The Morgan fingerprint density at radius 2 is 1.84 bits per heavy atom. The predicted octanol–water partition coefficient (Wildman–Crippen LogP) is 3.72. The molecule has 0 aliphatic rings. The van der Waals surface area contributed by atoms with Crippen LogP contribution in [0.5, 0.6) is 5.75 Å². The van der Waals surface area contributed by atoms with Gasteiger partial charge in [-0.25, -0.2) is 9.50 Å². The maximum Gasteiger partial charge on any atom is 0.433 e. The molecule has 31 heavy (non-hydrogen) atoms. The number of aromatic nitrogens is 5. The van der Waals surface area contributed by atoms with Crippen LogP contribution < -0.4 is 10.1 Å². The van der Waals surface area contributed by atoms with E-state index in [-0.39, 0.29) is 17.0 Å². The third-order valence-electron chi connectivity index (χ3n) is 4.60. The van der Waals surface area contributed by atoms with Crippen molar-refractivity contribution < 1.29 is 22.7 Å². The highest BCUT2D eigenvalue weighted by molar-refractivity contribution is 6.03. The van der Waals surface area contributed by atoms with E-state index in [0.29, 0.717) is 27.2 Å². The Kier molecular flexibility index (Phi) is 4.88. The van der Waals surface area contributed by atoms with Crippen LogP contribution in [0.15, 0.2) is 42.6 Å². The van der Waals surface area contributed by atoms with Gasteiger partial charge in [-0.3, -0.25) is 9.48 Å². The summed E-state index contributed by atoms with van der Waals surface area (Å²) < 4.78 is 48.4. The minimum absolute atomic E-state index is 0.0949. The SMILES string of the molecule is COc1ccc(-c2cc(C(F)(F)F)n3nc(C(=O)Nc4cn(C)nc4C)cc3n2)cc1. The maximum absolute atomic E-state index is 13.7. The summed E-state index contributed by atoms with van der Waals surface area (Å²) in [7, 11) is 3.18. The summed E-state index contributed by atoms with van der Waals surface area (Å²) >= 11 is 0. The van der Waals surface area contributed by atoms with Gasteiger partial charge in [0.25, 0.3) is 5.91 Å². The van der Waals surface area contributed by atoms with E-state index in [1.807, 2.05) is 0 Å². The summed E-state index contributed by atoms with van der Waals surface area (Å²) in [5, 5.41) is 10.6. The van der Waals surface area contributed by atoms with Crippen molar-refractivity contribution in [1.29, 1.82) is 0 Å². The van der Waals surface area contributed by atoms with Gasteiger partial charge in [-0.05, 0) is 37.3 Å². The summed E-state index contributed by atoms with van der Waals surface area (Å²) in [5.41, 5.74) is 0.217. The molecule has 0 atom stereocenters. The van der Waals surface area contributed by atoms with Crippen LogP contribution in [-0.4, -0.2) is 37.4 Å². The molecule has 4 aromatic rings.